The molecule has 108 valence electrons. The second-order valence-corrected chi connectivity index (χ2v) is 6.22. The molecule has 3 nitrogen and oxygen atoms in total. The normalized spacial score (nSPS) is 26.1. The van der Waals surface area contributed by atoms with Crippen molar-refractivity contribution in [3.05, 3.63) is 34.9 Å². The van der Waals surface area contributed by atoms with Crippen molar-refractivity contribution in [2.75, 3.05) is 19.6 Å². The van der Waals surface area contributed by atoms with Crippen molar-refractivity contribution in [2.24, 2.45) is 5.92 Å². The van der Waals surface area contributed by atoms with Crippen LogP contribution in [0, 0.1) is 5.92 Å². The molecule has 0 saturated carbocycles. The summed E-state index contributed by atoms with van der Waals surface area (Å²) in [6.45, 7) is 2.72. The van der Waals surface area contributed by atoms with E-state index in [1.165, 1.54) is 0 Å². The van der Waals surface area contributed by atoms with Crippen LogP contribution in [0.4, 0.5) is 0 Å². The van der Waals surface area contributed by atoms with Gasteiger partial charge in [0, 0.05) is 24.2 Å². The number of nitrogens with one attached hydrogen (secondary N) is 1. The molecule has 0 aromatic heterocycles. The average Bonchev–Trinajstić information content (AvgIpc) is 3.11. The Hall–Kier alpha value is -1.06. The standard InChI is InChI=1S/C16H21ClN2O/c17-15-6-2-1-4-12(15)10-14-5-3-9-19(14)16(20)13-7-8-18-11-13/h1-2,4,6,13-14,18H,3,5,7-11H2/t13-,14+/m0/s1. The van der Waals surface area contributed by atoms with Crippen molar-refractivity contribution < 1.29 is 4.79 Å². The van der Waals surface area contributed by atoms with Crippen LogP contribution >= 0.6 is 11.6 Å². The van der Waals surface area contributed by atoms with Crippen LogP contribution in [-0.4, -0.2) is 36.5 Å². The van der Waals surface area contributed by atoms with Crippen LogP contribution in [0.5, 0.6) is 0 Å². The van der Waals surface area contributed by atoms with Crippen LogP contribution < -0.4 is 5.32 Å². The molecule has 1 aromatic carbocycles. The third-order valence-electron chi connectivity index (χ3n) is 4.48. The summed E-state index contributed by atoms with van der Waals surface area (Å²) in [7, 11) is 0. The first-order chi connectivity index (χ1) is 9.75. The molecule has 2 aliphatic rings. The molecule has 0 radical (unpaired) electrons. The highest BCUT2D eigenvalue weighted by molar-refractivity contribution is 6.31. The largest absolute Gasteiger partial charge is 0.339 e. The lowest BCUT2D eigenvalue weighted by Gasteiger charge is -2.27. The van der Waals surface area contributed by atoms with E-state index in [0.29, 0.717) is 11.9 Å². The van der Waals surface area contributed by atoms with Gasteiger partial charge in [0.1, 0.15) is 0 Å². The number of likely N-dealkylation sites (tertiary alicyclic amines) is 1. The fourth-order valence-electron chi connectivity index (χ4n) is 3.36. The van der Waals surface area contributed by atoms with Gasteiger partial charge in [-0.2, -0.15) is 0 Å². The van der Waals surface area contributed by atoms with Crippen LogP contribution in [0.2, 0.25) is 5.02 Å². The number of nitrogens with zero attached hydrogens (tertiary/aromatic N) is 1. The first-order valence-electron chi connectivity index (χ1n) is 7.50. The van der Waals surface area contributed by atoms with Crippen molar-refractivity contribution >= 4 is 17.5 Å². The van der Waals surface area contributed by atoms with E-state index in [1.807, 2.05) is 18.2 Å². The Morgan fingerprint density at radius 3 is 2.95 bits per heavy atom. The van der Waals surface area contributed by atoms with Gasteiger partial charge in [-0.1, -0.05) is 29.8 Å². The topological polar surface area (TPSA) is 32.3 Å². The van der Waals surface area contributed by atoms with Gasteiger partial charge in [-0.25, -0.2) is 0 Å². The highest BCUT2D eigenvalue weighted by Gasteiger charge is 2.34. The zero-order chi connectivity index (χ0) is 13.9. The Kier molecular flexibility index (Phi) is 4.27. The first-order valence-corrected chi connectivity index (χ1v) is 7.88. The van der Waals surface area contributed by atoms with E-state index in [2.05, 4.69) is 16.3 Å². The van der Waals surface area contributed by atoms with E-state index in [9.17, 15) is 4.79 Å². The molecule has 20 heavy (non-hydrogen) atoms. The van der Waals surface area contributed by atoms with Crippen molar-refractivity contribution in [2.45, 2.75) is 31.7 Å². The smallest absolute Gasteiger partial charge is 0.227 e. The number of carbonyl (C=O) groups excluding carboxylic acids is 1. The summed E-state index contributed by atoms with van der Waals surface area (Å²) < 4.78 is 0. The van der Waals surface area contributed by atoms with Gasteiger partial charge in [0.15, 0.2) is 0 Å². The third-order valence-corrected chi connectivity index (χ3v) is 4.85. The maximum absolute atomic E-state index is 12.6. The predicted octanol–water partition coefficient (Wildman–Crippen LogP) is 2.48. The molecule has 0 bridgehead atoms. The summed E-state index contributed by atoms with van der Waals surface area (Å²) in [6.07, 6.45) is 4.07. The van der Waals surface area contributed by atoms with Crippen LogP contribution in [0.3, 0.4) is 0 Å². The van der Waals surface area contributed by atoms with Crippen LogP contribution in [0.25, 0.3) is 0 Å². The molecule has 0 unspecified atom stereocenters. The van der Waals surface area contributed by atoms with E-state index in [4.69, 9.17) is 11.6 Å². The number of hydrogen-bond acceptors (Lipinski definition) is 2. The number of hydrogen-bond donors (Lipinski definition) is 1. The highest BCUT2D eigenvalue weighted by atomic mass is 35.5. The molecule has 2 saturated heterocycles. The summed E-state index contributed by atoms with van der Waals surface area (Å²) in [5, 5.41) is 4.10. The molecule has 2 fully saturated rings. The number of benzene rings is 1. The summed E-state index contributed by atoms with van der Waals surface area (Å²) in [5.41, 5.74) is 1.16. The summed E-state index contributed by atoms with van der Waals surface area (Å²) in [5.74, 6) is 0.520. The van der Waals surface area contributed by atoms with Crippen molar-refractivity contribution in [1.29, 1.82) is 0 Å². The Morgan fingerprint density at radius 1 is 1.35 bits per heavy atom. The number of carbonyl (C=O) groups is 1. The molecule has 0 aliphatic carbocycles. The van der Waals surface area contributed by atoms with Crippen molar-refractivity contribution in [1.82, 2.24) is 10.2 Å². The van der Waals surface area contributed by atoms with Gasteiger partial charge in [-0.05, 0) is 43.9 Å². The quantitative estimate of drug-likeness (QED) is 0.928. The Morgan fingerprint density at radius 2 is 2.20 bits per heavy atom. The zero-order valence-electron chi connectivity index (χ0n) is 11.6. The van der Waals surface area contributed by atoms with E-state index < -0.39 is 0 Å². The maximum atomic E-state index is 12.6. The van der Waals surface area contributed by atoms with Crippen molar-refractivity contribution in [3.8, 4) is 0 Å². The zero-order valence-corrected chi connectivity index (χ0v) is 12.4. The van der Waals surface area contributed by atoms with Gasteiger partial charge < -0.3 is 10.2 Å². The molecule has 2 aliphatic heterocycles. The third kappa shape index (κ3) is 2.84. The minimum Gasteiger partial charge on any atom is -0.339 e. The summed E-state index contributed by atoms with van der Waals surface area (Å²) >= 11 is 6.24. The number of rotatable bonds is 3. The number of halogens is 1. The molecular formula is C16H21ClN2O. The van der Waals surface area contributed by atoms with Crippen molar-refractivity contribution in [3.63, 3.8) is 0 Å². The molecule has 0 spiro atoms. The average molecular weight is 293 g/mol. The Balaban J connectivity index is 1.69. The van der Waals surface area contributed by atoms with Gasteiger partial charge in [0.2, 0.25) is 5.91 Å². The molecule has 4 heteroatoms. The second-order valence-electron chi connectivity index (χ2n) is 5.81. The minimum atomic E-state index is 0.182. The molecule has 1 aromatic rings. The molecule has 2 heterocycles. The second kappa shape index (κ2) is 6.15. The van der Waals surface area contributed by atoms with E-state index in [0.717, 1.165) is 55.9 Å². The van der Waals surface area contributed by atoms with Gasteiger partial charge in [0.25, 0.3) is 0 Å². The molecule has 1 amide bonds. The van der Waals surface area contributed by atoms with Gasteiger partial charge in [-0.3, -0.25) is 4.79 Å². The maximum Gasteiger partial charge on any atom is 0.227 e. The monoisotopic (exact) mass is 292 g/mol. The minimum absolute atomic E-state index is 0.182. The fraction of sp³-hybridized carbons (Fsp3) is 0.562. The summed E-state index contributed by atoms with van der Waals surface area (Å²) in [4.78, 5) is 14.7. The van der Waals surface area contributed by atoms with Crippen LogP contribution in [-0.2, 0) is 11.2 Å². The molecule has 1 N–H and O–H groups in total. The van der Waals surface area contributed by atoms with Gasteiger partial charge in [-0.15, -0.1) is 0 Å². The first kappa shape index (κ1) is 13.9. The predicted molar refractivity (Wildman–Crippen MR) is 80.9 cm³/mol. The van der Waals surface area contributed by atoms with Gasteiger partial charge >= 0.3 is 0 Å². The van der Waals surface area contributed by atoms with Crippen LogP contribution in [0.15, 0.2) is 24.3 Å². The van der Waals surface area contributed by atoms with Crippen LogP contribution in [0.1, 0.15) is 24.8 Å². The lowest BCUT2D eigenvalue weighted by Crippen LogP contribution is -2.41. The van der Waals surface area contributed by atoms with E-state index >= 15 is 0 Å². The fourth-order valence-corrected chi connectivity index (χ4v) is 3.57. The Bertz CT molecular complexity index is 485. The molecular weight excluding hydrogens is 272 g/mol. The van der Waals surface area contributed by atoms with E-state index in [-0.39, 0.29) is 5.92 Å². The van der Waals surface area contributed by atoms with Gasteiger partial charge in [0.05, 0.1) is 5.92 Å². The lowest BCUT2D eigenvalue weighted by molar-refractivity contribution is -0.135. The highest BCUT2D eigenvalue weighted by Crippen LogP contribution is 2.27. The summed E-state index contributed by atoms with van der Waals surface area (Å²) in [6, 6.07) is 8.29. The number of amides is 1. The van der Waals surface area contributed by atoms with E-state index in [1.54, 1.807) is 0 Å². The molecule has 3 rings (SSSR count). The molecule has 2 atom stereocenters. The lowest BCUT2D eigenvalue weighted by atomic mass is 10.0. The SMILES string of the molecule is O=C([C@H]1CCNC1)N1CCC[C@@H]1Cc1ccccc1Cl. The Labute approximate surface area is 125 Å².